The predicted molar refractivity (Wildman–Crippen MR) is 80.6 cm³/mol. The van der Waals surface area contributed by atoms with Crippen LogP contribution in [0.15, 0.2) is 34.4 Å². The molecular weight excluding hydrogens is 254 g/mol. The molecule has 1 aromatic heterocycles. The summed E-state index contributed by atoms with van der Waals surface area (Å²) in [5.74, 6) is 0.895. The lowest BCUT2D eigenvalue weighted by molar-refractivity contribution is 0.808. The van der Waals surface area contributed by atoms with Gasteiger partial charge in [-0.25, -0.2) is 9.97 Å². The van der Waals surface area contributed by atoms with Crippen LogP contribution in [0.5, 0.6) is 0 Å². The van der Waals surface area contributed by atoms with Crippen molar-refractivity contribution in [2.75, 3.05) is 5.73 Å². The number of nitrogens with zero attached hydrogens (tertiary/aromatic N) is 2. The van der Waals surface area contributed by atoms with E-state index in [9.17, 15) is 0 Å². The highest BCUT2D eigenvalue weighted by atomic mass is 32.2. The lowest BCUT2D eigenvalue weighted by Gasteiger charge is -2.13. The molecule has 19 heavy (non-hydrogen) atoms. The molecule has 1 heterocycles. The molecule has 0 atom stereocenters. The molecule has 0 radical (unpaired) electrons. The molecule has 0 amide bonds. The van der Waals surface area contributed by atoms with E-state index >= 15 is 0 Å². The molecule has 0 saturated carbocycles. The minimum atomic E-state index is 0.315. The fraction of sp³-hybridized carbons (Fsp3) is 0.333. The SMILES string of the molecule is Cc1ccc(Sc2ncnc(N)c2C(C)C)cc1C. The Morgan fingerprint density at radius 1 is 1.11 bits per heavy atom. The number of aromatic nitrogens is 2. The van der Waals surface area contributed by atoms with E-state index in [0.717, 1.165) is 10.6 Å². The molecule has 0 fully saturated rings. The normalized spacial score (nSPS) is 11.0. The van der Waals surface area contributed by atoms with E-state index < -0.39 is 0 Å². The van der Waals surface area contributed by atoms with Gasteiger partial charge in [0.15, 0.2) is 0 Å². The van der Waals surface area contributed by atoms with E-state index in [1.165, 1.54) is 22.3 Å². The van der Waals surface area contributed by atoms with Crippen LogP contribution in [0.25, 0.3) is 0 Å². The Kier molecular flexibility index (Phi) is 4.10. The third kappa shape index (κ3) is 3.07. The van der Waals surface area contributed by atoms with Gasteiger partial charge in [0.1, 0.15) is 17.2 Å². The summed E-state index contributed by atoms with van der Waals surface area (Å²) in [6, 6.07) is 6.44. The zero-order valence-electron chi connectivity index (χ0n) is 11.8. The van der Waals surface area contributed by atoms with Crippen LogP contribution in [0.3, 0.4) is 0 Å². The quantitative estimate of drug-likeness (QED) is 0.860. The molecule has 3 nitrogen and oxygen atoms in total. The number of anilines is 1. The third-order valence-corrected chi connectivity index (χ3v) is 4.16. The fourth-order valence-corrected chi connectivity index (χ4v) is 3.05. The van der Waals surface area contributed by atoms with Gasteiger partial charge >= 0.3 is 0 Å². The van der Waals surface area contributed by atoms with Crippen LogP contribution in [0.4, 0.5) is 5.82 Å². The van der Waals surface area contributed by atoms with E-state index in [2.05, 4.69) is 55.9 Å². The van der Waals surface area contributed by atoms with Crippen LogP contribution in [-0.2, 0) is 0 Å². The molecule has 0 bridgehead atoms. The van der Waals surface area contributed by atoms with Gasteiger partial charge in [0, 0.05) is 10.5 Å². The summed E-state index contributed by atoms with van der Waals surface area (Å²) in [5.41, 5.74) is 9.59. The summed E-state index contributed by atoms with van der Waals surface area (Å²) in [5, 5.41) is 0.950. The molecule has 0 aliphatic heterocycles. The number of rotatable bonds is 3. The maximum atomic E-state index is 5.97. The molecule has 0 unspecified atom stereocenters. The molecular formula is C15H19N3S. The van der Waals surface area contributed by atoms with Gasteiger partial charge in [0.05, 0.1) is 0 Å². The lowest BCUT2D eigenvalue weighted by Crippen LogP contribution is -2.03. The van der Waals surface area contributed by atoms with Crippen molar-refractivity contribution in [2.24, 2.45) is 0 Å². The highest BCUT2D eigenvalue weighted by Gasteiger charge is 2.14. The first-order chi connectivity index (χ1) is 8.99. The monoisotopic (exact) mass is 273 g/mol. The molecule has 0 aliphatic carbocycles. The second kappa shape index (κ2) is 5.61. The number of nitrogens with two attached hydrogens (primary N) is 1. The fourth-order valence-electron chi connectivity index (χ4n) is 1.91. The van der Waals surface area contributed by atoms with Gasteiger partial charge in [0.25, 0.3) is 0 Å². The first kappa shape index (κ1) is 13.9. The lowest BCUT2D eigenvalue weighted by atomic mass is 10.1. The number of aryl methyl sites for hydroxylation is 2. The van der Waals surface area contributed by atoms with Gasteiger partial charge in [-0.05, 0) is 43.0 Å². The van der Waals surface area contributed by atoms with Crippen molar-refractivity contribution >= 4 is 17.6 Å². The maximum absolute atomic E-state index is 5.97. The Bertz CT molecular complexity index is 594. The Hall–Kier alpha value is -1.55. The summed E-state index contributed by atoms with van der Waals surface area (Å²) in [4.78, 5) is 9.65. The van der Waals surface area contributed by atoms with Crippen molar-refractivity contribution < 1.29 is 0 Å². The van der Waals surface area contributed by atoms with Gasteiger partial charge < -0.3 is 5.73 Å². The van der Waals surface area contributed by atoms with Crippen molar-refractivity contribution in [1.29, 1.82) is 0 Å². The Morgan fingerprint density at radius 3 is 2.47 bits per heavy atom. The average molecular weight is 273 g/mol. The second-order valence-corrected chi connectivity index (χ2v) is 6.04. The standard InChI is InChI=1S/C15H19N3S/c1-9(2)13-14(16)17-8-18-15(13)19-12-6-5-10(3)11(4)7-12/h5-9H,1-4H3,(H2,16,17,18). The smallest absolute Gasteiger partial charge is 0.131 e. The molecule has 1 aromatic carbocycles. The Labute approximate surface area is 118 Å². The van der Waals surface area contributed by atoms with Crippen LogP contribution < -0.4 is 5.73 Å². The highest BCUT2D eigenvalue weighted by Crippen LogP contribution is 2.34. The molecule has 2 aromatic rings. The number of hydrogen-bond acceptors (Lipinski definition) is 4. The Balaban J connectivity index is 2.38. The van der Waals surface area contributed by atoms with Crippen molar-refractivity contribution in [3.05, 3.63) is 41.2 Å². The van der Waals surface area contributed by atoms with Gasteiger partial charge in [0.2, 0.25) is 0 Å². The van der Waals surface area contributed by atoms with Gasteiger partial charge in [-0.1, -0.05) is 31.7 Å². The van der Waals surface area contributed by atoms with Crippen LogP contribution in [0.1, 0.15) is 36.5 Å². The first-order valence-electron chi connectivity index (χ1n) is 6.34. The molecule has 2 rings (SSSR count). The third-order valence-electron chi connectivity index (χ3n) is 3.15. The molecule has 0 saturated heterocycles. The summed E-state index contributed by atoms with van der Waals surface area (Å²) >= 11 is 1.65. The second-order valence-electron chi connectivity index (χ2n) is 4.98. The Morgan fingerprint density at radius 2 is 1.84 bits per heavy atom. The van der Waals surface area contributed by atoms with E-state index in [1.54, 1.807) is 11.8 Å². The van der Waals surface area contributed by atoms with E-state index in [1.807, 2.05) is 0 Å². The van der Waals surface area contributed by atoms with E-state index in [0.29, 0.717) is 11.7 Å². The van der Waals surface area contributed by atoms with Crippen molar-refractivity contribution in [1.82, 2.24) is 9.97 Å². The van der Waals surface area contributed by atoms with Gasteiger partial charge in [-0.2, -0.15) is 0 Å². The average Bonchev–Trinajstić information content (AvgIpc) is 2.33. The number of benzene rings is 1. The summed E-state index contributed by atoms with van der Waals surface area (Å²) in [7, 11) is 0. The zero-order valence-corrected chi connectivity index (χ0v) is 12.6. The van der Waals surface area contributed by atoms with Crippen LogP contribution >= 0.6 is 11.8 Å². The minimum Gasteiger partial charge on any atom is -0.383 e. The summed E-state index contributed by atoms with van der Waals surface area (Å²) in [6.07, 6.45) is 1.53. The van der Waals surface area contributed by atoms with Crippen LogP contribution in [-0.4, -0.2) is 9.97 Å². The maximum Gasteiger partial charge on any atom is 0.131 e. The van der Waals surface area contributed by atoms with E-state index in [-0.39, 0.29) is 0 Å². The summed E-state index contributed by atoms with van der Waals surface area (Å²) < 4.78 is 0. The van der Waals surface area contributed by atoms with Crippen molar-refractivity contribution in [2.45, 2.75) is 43.5 Å². The van der Waals surface area contributed by atoms with Crippen molar-refractivity contribution in [3.63, 3.8) is 0 Å². The minimum absolute atomic E-state index is 0.315. The van der Waals surface area contributed by atoms with Gasteiger partial charge in [-0.3, -0.25) is 0 Å². The van der Waals surface area contributed by atoms with Crippen LogP contribution in [0.2, 0.25) is 0 Å². The molecule has 0 spiro atoms. The van der Waals surface area contributed by atoms with Gasteiger partial charge in [-0.15, -0.1) is 0 Å². The topological polar surface area (TPSA) is 51.8 Å². The van der Waals surface area contributed by atoms with Crippen molar-refractivity contribution in [3.8, 4) is 0 Å². The molecule has 2 N–H and O–H groups in total. The highest BCUT2D eigenvalue weighted by molar-refractivity contribution is 7.99. The molecule has 4 heteroatoms. The molecule has 100 valence electrons. The largest absolute Gasteiger partial charge is 0.383 e. The van der Waals surface area contributed by atoms with Crippen LogP contribution in [0, 0.1) is 13.8 Å². The van der Waals surface area contributed by atoms with E-state index in [4.69, 9.17) is 5.73 Å². The number of nitrogen functional groups attached to an aromatic ring is 1. The predicted octanol–water partition coefficient (Wildman–Crippen LogP) is 3.95. The zero-order chi connectivity index (χ0) is 14.0. The molecule has 0 aliphatic rings. The summed E-state index contributed by atoms with van der Waals surface area (Å²) in [6.45, 7) is 8.46. The number of hydrogen-bond donors (Lipinski definition) is 1. The first-order valence-corrected chi connectivity index (χ1v) is 7.16.